The van der Waals surface area contributed by atoms with E-state index in [9.17, 15) is 0 Å². The minimum absolute atomic E-state index is 0.327. The Hall–Kier alpha value is -3.92. The number of hydrogen-bond acceptors (Lipinski definition) is 10. The first-order valence-corrected chi connectivity index (χ1v) is 11.8. The molecule has 1 fully saturated rings. The largest absolute Gasteiger partial charge is 0.493 e. The second-order valence-corrected chi connectivity index (χ2v) is 8.20. The third-order valence-corrected chi connectivity index (χ3v) is 5.91. The number of hydrazone groups is 1. The second-order valence-electron chi connectivity index (χ2n) is 8.20. The molecule has 2 N–H and O–H groups in total. The van der Waals surface area contributed by atoms with Gasteiger partial charge in [0.2, 0.25) is 11.6 Å². The van der Waals surface area contributed by atoms with Gasteiger partial charge in [-0.1, -0.05) is 0 Å². The van der Waals surface area contributed by atoms with Crippen molar-refractivity contribution >= 4 is 17.4 Å². The summed E-state index contributed by atoms with van der Waals surface area (Å²) in [6, 6.07) is 11.6. The van der Waals surface area contributed by atoms with Gasteiger partial charge in [-0.2, -0.15) is 10.1 Å². The van der Waals surface area contributed by atoms with Crippen LogP contribution < -0.4 is 29.6 Å². The van der Waals surface area contributed by atoms with E-state index in [1.54, 1.807) is 45.4 Å². The number of methoxy groups -OCH3 is 3. The predicted octanol–water partition coefficient (Wildman–Crippen LogP) is 3.21. The van der Waals surface area contributed by atoms with E-state index in [0.29, 0.717) is 52.7 Å². The fraction of sp³-hybridized carbons (Fsp3) is 0.385. The van der Waals surface area contributed by atoms with Crippen LogP contribution in [0.25, 0.3) is 0 Å². The standard InChI is InChI=1S/C26H33N5O5/c1-6-31-23(17(2)27)26(36-20-15-21(32-3)24(34-5)22(16-20)33-4)28-25(29-31)18-7-9-19(10-8-18)30-11-13-35-14-12-30/h7-10,15-16H,6,11-14,27H2,1-5H3. The van der Waals surface area contributed by atoms with Crippen molar-refractivity contribution in [2.75, 3.05) is 59.1 Å². The lowest BCUT2D eigenvalue weighted by molar-refractivity contribution is 0.122. The Labute approximate surface area is 211 Å². The van der Waals surface area contributed by atoms with Gasteiger partial charge in [-0.15, -0.1) is 0 Å². The summed E-state index contributed by atoms with van der Waals surface area (Å²) < 4.78 is 28.1. The maximum atomic E-state index is 6.27. The van der Waals surface area contributed by atoms with E-state index in [2.05, 4.69) is 17.0 Å². The molecule has 0 amide bonds. The highest BCUT2D eigenvalue weighted by atomic mass is 16.5. The monoisotopic (exact) mass is 495 g/mol. The van der Waals surface area contributed by atoms with Crippen molar-refractivity contribution in [3.05, 3.63) is 53.4 Å². The average molecular weight is 496 g/mol. The quantitative estimate of drug-likeness (QED) is 0.625. The van der Waals surface area contributed by atoms with Gasteiger partial charge in [0.1, 0.15) is 11.4 Å². The molecule has 36 heavy (non-hydrogen) atoms. The first-order chi connectivity index (χ1) is 17.5. The fourth-order valence-corrected chi connectivity index (χ4v) is 4.11. The first-order valence-electron chi connectivity index (χ1n) is 11.8. The minimum Gasteiger partial charge on any atom is -0.493 e. The van der Waals surface area contributed by atoms with Gasteiger partial charge in [0, 0.05) is 48.7 Å². The molecule has 2 aliphatic rings. The lowest BCUT2D eigenvalue weighted by Crippen LogP contribution is -2.36. The Bertz CT molecular complexity index is 1140. The number of rotatable bonds is 7. The molecule has 0 bridgehead atoms. The molecule has 0 spiro atoms. The third kappa shape index (κ3) is 5.18. The Morgan fingerprint density at radius 1 is 1.00 bits per heavy atom. The van der Waals surface area contributed by atoms with Crippen molar-refractivity contribution < 1.29 is 23.7 Å². The number of amidine groups is 1. The number of nitrogens with zero attached hydrogens (tertiary/aromatic N) is 4. The van der Waals surface area contributed by atoms with E-state index in [1.165, 1.54) is 0 Å². The summed E-state index contributed by atoms with van der Waals surface area (Å²) >= 11 is 0. The molecule has 0 aromatic heterocycles. The number of anilines is 1. The number of nitrogens with two attached hydrogens (primary N) is 1. The zero-order valence-electron chi connectivity index (χ0n) is 21.4. The van der Waals surface area contributed by atoms with Crippen LogP contribution in [0, 0.1) is 0 Å². The maximum absolute atomic E-state index is 6.27. The molecule has 0 aliphatic carbocycles. The highest BCUT2D eigenvalue weighted by Gasteiger charge is 2.26. The smallest absolute Gasteiger partial charge is 0.249 e. The number of ether oxygens (including phenoxy) is 5. The number of likely N-dealkylation sites (N-methyl/N-ethyl adjacent to an activating group) is 1. The fourth-order valence-electron chi connectivity index (χ4n) is 4.11. The zero-order chi connectivity index (χ0) is 25.7. The summed E-state index contributed by atoms with van der Waals surface area (Å²) in [7, 11) is 4.66. The molecule has 4 rings (SSSR count). The Balaban J connectivity index is 1.69. The summed E-state index contributed by atoms with van der Waals surface area (Å²) in [5.74, 6) is 2.73. The Kier molecular flexibility index (Phi) is 7.84. The third-order valence-electron chi connectivity index (χ3n) is 5.91. The lowest BCUT2D eigenvalue weighted by Gasteiger charge is -2.29. The van der Waals surface area contributed by atoms with Crippen molar-refractivity contribution in [1.29, 1.82) is 0 Å². The van der Waals surface area contributed by atoms with Gasteiger partial charge in [0.25, 0.3) is 0 Å². The summed E-state index contributed by atoms with van der Waals surface area (Å²) in [6.45, 7) is 7.59. The van der Waals surface area contributed by atoms with Gasteiger partial charge >= 0.3 is 0 Å². The average Bonchev–Trinajstić information content (AvgIpc) is 2.92. The van der Waals surface area contributed by atoms with Gasteiger partial charge in [0.05, 0.1) is 34.5 Å². The van der Waals surface area contributed by atoms with Crippen LogP contribution in [0.4, 0.5) is 5.69 Å². The number of allylic oxidation sites excluding steroid dienone is 1. The van der Waals surface area contributed by atoms with Gasteiger partial charge in [-0.05, 0) is 38.1 Å². The van der Waals surface area contributed by atoms with E-state index >= 15 is 0 Å². The molecule has 192 valence electrons. The zero-order valence-corrected chi connectivity index (χ0v) is 21.4. The van der Waals surface area contributed by atoms with Crippen LogP contribution in [-0.4, -0.2) is 70.9 Å². The SMILES string of the molecule is CCN1N=C(c2ccc(N3CCOCC3)cc2)N=C(Oc2cc(OC)c(OC)c(OC)c2)C1=C(C)N. The van der Waals surface area contributed by atoms with Gasteiger partial charge in [-0.25, -0.2) is 0 Å². The molecule has 0 unspecified atom stereocenters. The number of benzene rings is 2. The summed E-state index contributed by atoms with van der Waals surface area (Å²) in [6.07, 6.45) is 0. The van der Waals surface area contributed by atoms with E-state index in [-0.39, 0.29) is 0 Å². The van der Waals surface area contributed by atoms with Crippen LogP contribution in [-0.2, 0) is 4.74 Å². The molecule has 2 aromatic rings. The van der Waals surface area contributed by atoms with Crippen molar-refractivity contribution in [2.45, 2.75) is 13.8 Å². The van der Waals surface area contributed by atoms with Crippen molar-refractivity contribution in [1.82, 2.24) is 5.01 Å². The van der Waals surface area contributed by atoms with Crippen LogP contribution in [0.3, 0.4) is 0 Å². The van der Waals surface area contributed by atoms with Gasteiger partial charge in [-0.3, -0.25) is 5.01 Å². The number of morpholine rings is 1. The highest BCUT2D eigenvalue weighted by Crippen LogP contribution is 2.41. The summed E-state index contributed by atoms with van der Waals surface area (Å²) in [4.78, 5) is 7.06. The van der Waals surface area contributed by atoms with Crippen LogP contribution in [0.5, 0.6) is 23.0 Å². The van der Waals surface area contributed by atoms with Crippen molar-refractivity contribution in [3.8, 4) is 23.0 Å². The van der Waals surface area contributed by atoms with Crippen LogP contribution in [0.1, 0.15) is 19.4 Å². The highest BCUT2D eigenvalue weighted by molar-refractivity contribution is 6.11. The molecule has 10 nitrogen and oxygen atoms in total. The number of hydrogen-bond donors (Lipinski definition) is 1. The topological polar surface area (TPSA) is 103 Å². The van der Waals surface area contributed by atoms with Crippen LogP contribution in [0.2, 0.25) is 0 Å². The first kappa shape index (κ1) is 25.2. The number of aliphatic imine (C=N–C) groups is 1. The molecule has 0 radical (unpaired) electrons. The Morgan fingerprint density at radius 2 is 1.64 bits per heavy atom. The summed E-state index contributed by atoms with van der Waals surface area (Å²) in [5.41, 5.74) is 9.38. The maximum Gasteiger partial charge on any atom is 0.249 e. The van der Waals surface area contributed by atoms with Crippen LogP contribution in [0.15, 0.2) is 57.9 Å². The van der Waals surface area contributed by atoms with Crippen molar-refractivity contribution in [3.63, 3.8) is 0 Å². The normalized spacial score (nSPS) is 17.2. The van der Waals surface area contributed by atoms with E-state index < -0.39 is 0 Å². The Morgan fingerprint density at radius 3 is 2.17 bits per heavy atom. The second kappa shape index (κ2) is 11.2. The molecule has 2 aromatic carbocycles. The van der Waals surface area contributed by atoms with E-state index in [0.717, 1.165) is 37.6 Å². The van der Waals surface area contributed by atoms with E-state index in [4.69, 9.17) is 39.5 Å². The summed E-state index contributed by atoms with van der Waals surface area (Å²) in [5, 5.41) is 6.54. The minimum atomic E-state index is 0.327. The molecule has 2 heterocycles. The van der Waals surface area contributed by atoms with Gasteiger partial charge < -0.3 is 34.3 Å². The van der Waals surface area contributed by atoms with Crippen molar-refractivity contribution in [2.24, 2.45) is 15.8 Å². The predicted molar refractivity (Wildman–Crippen MR) is 139 cm³/mol. The molecule has 0 saturated carbocycles. The molecule has 2 aliphatic heterocycles. The van der Waals surface area contributed by atoms with E-state index in [1.807, 2.05) is 19.1 Å². The molecular weight excluding hydrogens is 462 g/mol. The molecule has 0 atom stereocenters. The lowest BCUT2D eigenvalue weighted by atomic mass is 10.1. The molecular formula is C26H33N5O5. The molecule has 10 heteroatoms. The molecule has 1 saturated heterocycles. The van der Waals surface area contributed by atoms with Gasteiger partial charge in [0.15, 0.2) is 17.3 Å². The van der Waals surface area contributed by atoms with Crippen LogP contribution >= 0.6 is 0 Å².